The second-order valence-electron chi connectivity index (χ2n) is 2.66. The van der Waals surface area contributed by atoms with Gasteiger partial charge in [-0.15, -0.1) is 0 Å². The fourth-order valence-electron chi connectivity index (χ4n) is 0.988. The van der Waals surface area contributed by atoms with Crippen LogP contribution in [0.2, 0.25) is 5.02 Å². The Bertz CT molecular complexity index is 568. The lowest BCUT2D eigenvalue weighted by Crippen LogP contribution is -2.17. The summed E-state index contributed by atoms with van der Waals surface area (Å²) >= 11 is 5.49. The molecule has 0 bridgehead atoms. The van der Waals surface area contributed by atoms with Gasteiger partial charge in [-0.25, -0.2) is 22.3 Å². The molecule has 0 atom stereocenters. The van der Waals surface area contributed by atoms with Crippen LogP contribution in [-0.2, 0) is 10.0 Å². The third-order valence-electron chi connectivity index (χ3n) is 1.61. The van der Waals surface area contributed by atoms with Gasteiger partial charge in [-0.3, -0.25) is 4.98 Å². The number of sulfonamides is 1. The predicted molar refractivity (Wildman–Crippen MR) is 50.3 cm³/mol. The van der Waals surface area contributed by atoms with Gasteiger partial charge >= 0.3 is 0 Å². The van der Waals surface area contributed by atoms with Crippen molar-refractivity contribution in [1.29, 1.82) is 5.26 Å². The highest BCUT2D eigenvalue weighted by Crippen LogP contribution is 2.31. The first-order chi connectivity index (χ1) is 7.29. The van der Waals surface area contributed by atoms with Crippen LogP contribution >= 0.6 is 11.6 Å². The van der Waals surface area contributed by atoms with Gasteiger partial charge in [-0.05, 0) is 0 Å². The number of rotatable bonds is 2. The first-order valence-corrected chi connectivity index (χ1v) is 5.61. The number of halogens is 3. The summed E-state index contributed by atoms with van der Waals surface area (Å²) in [5.41, 5.74) is -1.40. The van der Waals surface area contributed by atoms with Gasteiger partial charge in [0.05, 0.1) is 10.6 Å². The Hall–Kier alpha value is -1.30. The van der Waals surface area contributed by atoms with E-state index in [-0.39, 0.29) is 5.56 Å². The van der Waals surface area contributed by atoms with Crippen molar-refractivity contribution in [3.63, 3.8) is 0 Å². The number of alkyl halides is 2. The molecule has 0 aliphatic heterocycles. The lowest BCUT2D eigenvalue weighted by atomic mass is 10.2. The fraction of sp³-hybridized carbons (Fsp3) is 0.143. The number of aromatic nitrogens is 1. The van der Waals surface area contributed by atoms with Crippen molar-refractivity contribution in [3.05, 3.63) is 22.5 Å². The molecule has 0 saturated heterocycles. The quantitative estimate of drug-likeness (QED) is 0.870. The van der Waals surface area contributed by atoms with Gasteiger partial charge in [0.25, 0.3) is 6.43 Å². The molecule has 2 N–H and O–H groups in total. The Kier molecular flexibility index (Phi) is 3.42. The second-order valence-corrected chi connectivity index (χ2v) is 4.53. The molecule has 86 valence electrons. The minimum absolute atomic E-state index is 0.338. The Labute approximate surface area is 94.5 Å². The Morgan fingerprint density at radius 3 is 2.50 bits per heavy atom. The van der Waals surface area contributed by atoms with Gasteiger partial charge in [0, 0.05) is 6.20 Å². The third kappa shape index (κ3) is 2.27. The number of hydrogen-bond donors (Lipinski definition) is 1. The standard InChI is InChI=1S/C7H4ClF2N3O2S/c8-4-3(1-11)2-13-5(7(9)10)6(4)16(12,14)15/h2,7H,(H2,12,14,15). The highest BCUT2D eigenvalue weighted by Gasteiger charge is 2.27. The van der Waals surface area contributed by atoms with E-state index in [4.69, 9.17) is 22.0 Å². The van der Waals surface area contributed by atoms with Crippen LogP contribution in [-0.4, -0.2) is 13.4 Å². The number of nitrogens with zero attached hydrogens (tertiary/aromatic N) is 2. The van der Waals surface area contributed by atoms with Crippen molar-refractivity contribution in [2.75, 3.05) is 0 Å². The van der Waals surface area contributed by atoms with Crippen LogP contribution < -0.4 is 5.14 Å². The van der Waals surface area contributed by atoms with Gasteiger partial charge in [0.1, 0.15) is 16.7 Å². The monoisotopic (exact) mass is 267 g/mol. The lowest BCUT2D eigenvalue weighted by Gasteiger charge is -2.08. The molecule has 0 aliphatic carbocycles. The van der Waals surface area contributed by atoms with Crippen molar-refractivity contribution in [3.8, 4) is 6.07 Å². The molecule has 1 aromatic rings. The van der Waals surface area contributed by atoms with E-state index in [0.29, 0.717) is 0 Å². The average molecular weight is 268 g/mol. The molecule has 0 unspecified atom stereocenters. The summed E-state index contributed by atoms with van der Waals surface area (Å²) in [6.45, 7) is 0. The zero-order chi connectivity index (χ0) is 12.5. The topological polar surface area (TPSA) is 96.8 Å². The highest BCUT2D eigenvalue weighted by atomic mass is 35.5. The summed E-state index contributed by atoms with van der Waals surface area (Å²) in [6, 6.07) is 1.51. The molecule has 0 amide bonds. The molecule has 0 aliphatic rings. The third-order valence-corrected chi connectivity index (χ3v) is 3.10. The Morgan fingerprint density at radius 2 is 2.12 bits per heavy atom. The highest BCUT2D eigenvalue weighted by molar-refractivity contribution is 7.89. The van der Waals surface area contributed by atoms with E-state index in [2.05, 4.69) is 4.98 Å². The number of nitriles is 1. The van der Waals surface area contributed by atoms with Crippen molar-refractivity contribution in [1.82, 2.24) is 4.98 Å². The molecule has 0 fully saturated rings. The summed E-state index contributed by atoms with van der Waals surface area (Å²) in [5, 5.41) is 12.6. The van der Waals surface area contributed by atoms with E-state index in [0.717, 1.165) is 6.20 Å². The average Bonchev–Trinajstić information content (AvgIpc) is 2.14. The SMILES string of the molecule is N#Cc1cnc(C(F)F)c(S(N)(=O)=O)c1Cl. The van der Waals surface area contributed by atoms with Crippen LogP contribution in [0.3, 0.4) is 0 Å². The largest absolute Gasteiger partial charge is 0.281 e. The minimum Gasteiger partial charge on any atom is -0.252 e. The van der Waals surface area contributed by atoms with Crippen LogP contribution in [0.25, 0.3) is 0 Å². The zero-order valence-electron chi connectivity index (χ0n) is 7.49. The number of hydrogen-bond acceptors (Lipinski definition) is 4. The van der Waals surface area contributed by atoms with E-state index >= 15 is 0 Å². The first kappa shape index (κ1) is 12.8. The molecule has 0 saturated carbocycles. The van der Waals surface area contributed by atoms with Crippen LogP contribution in [0, 0.1) is 11.3 Å². The van der Waals surface area contributed by atoms with Crippen LogP contribution in [0.1, 0.15) is 17.7 Å². The summed E-state index contributed by atoms with van der Waals surface area (Å²) in [5.74, 6) is 0. The number of pyridine rings is 1. The van der Waals surface area contributed by atoms with Gasteiger partial charge in [0.15, 0.2) is 0 Å². The zero-order valence-corrected chi connectivity index (χ0v) is 9.06. The molecule has 0 radical (unpaired) electrons. The maximum absolute atomic E-state index is 12.4. The molecular formula is C7H4ClF2N3O2S. The number of primary sulfonamides is 1. The summed E-state index contributed by atoms with van der Waals surface area (Å²) in [4.78, 5) is 2.15. The van der Waals surface area contributed by atoms with Gasteiger partial charge in [-0.1, -0.05) is 11.6 Å². The Balaban J connectivity index is 3.72. The molecule has 1 aromatic heterocycles. The summed E-state index contributed by atoms with van der Waals surface area (Å²) in [7, 11) is -4.47. The summed E-state index contributed by atoms with van der Waals surface area (Å²) in [6.07, 6.45) is -2.39. The van der Waals surface area contributed by atoms with Gasteiger partial charge in [-0.2, -0.15) is 5.26 Å². The van der Waals surface area contributed by atoms with Crippen molar-refractivity contribution in [2.45, 2.75) is 11.3 Å². The van der Waals surface area contributed by atoms with E-state index in [1.54, 1.807) is 0 Å². The molecule has 1 rings (SSSR count). The molecule has 16 heavy (non-hydrogen) atoms. The predicted octanol–water partition coefficient (Wildman–Crippen LogP) is 1.19. The molecule has 0 aromatic carbocycles. The molecule has 5 nitrogen and oxygen atoms in total. The second kappa shape index (κ2) is 4.29. The van der Waals surface area contributed by atoms with E-state index < -0.39 is 32.1 Å². The van der Waals surface area contributed by atoms with Crippen molar-refractivity contribution < 1.29 is 17.2 Å². The maximum atomic E-state index is 12.4. The maximum Gasteiger partial charge on any atom is 0.281 e. The Morgan fingerprint density at radius 1 is 1.56 bits per heavy atom. The normalized spacial score (nSPS) is 11.5. The van der Waals surface area contributed by atoms with E-state index in [1.807, 2.05) is 0 Å². The summed E-state index contributed by atoms with van der Waals surface area (Å²) < 4.78 is 47.0. The van der Waals surface area contributed by atoms with Crippen molar-refractivity contribution in [2.24, 2.45) is 5.14 Å². The van der Waals surface area contributed by atoms with Crippen molar-refractivity contribution >= 4 is 21.6 Å². The van der Waals surface area contributed by atoms with E-state index in [1.165, 1.54) is 6.07 Å². The lowest BCUT2D eigenvalue weighted by molar-refractivity contribution is 0.142. The molecule has 1 heterocycles. The smallest absolute Gasteiger partial charge is 0.252 e. The molecule has 0 spiro atoms. The van der Waals surface area contributed by atoms with Crippen LogP contribution in [0.5, 0.6) is 0 Å². The van der Waals surface area contributed by atoms with Gasteiger partial charge in [0.2, 0.25) is 10.0 Å². The first-order valence-electron chi connectivity index (χ1n) is 3.68. The van der Waals surface area contributed by atoms with Gasteiger partial charge < -0.3 is 0 Å². The van der Waals surface area contributed by atoms with Crippen LogP contribution in [0.4, 0.5) is 8.78 Å². The van der Waals surface area contributed by atoms with Crippen LogP contribution in [0.15, 0.2) is 11.1 Å². The fourth-order valence-corrected chi connectivity index (χ4v) is 2.29. The molecule has 9 heteroatoms. The minimum atomic E-state index is -4.47. The number of nitrogens with two attached hydrogens (primary N) is 1. The molecular weight excluding hydrogens is 264 g/mol. The van der Waals surface area contributed by atoms with E-state index in [9.17, 15) is 17.2 Å².